The average molecular weight is 294 g/mol. The van der Waals surface area contributed by atoms with Crippen LogP contribution in [0.5, 0.6) is 0 Å². The molecule has 0 saturated carbocycles. The molecule has 8 heteroatoms. The summed E-state index contributed by atoms with van der Waals surface area (Å²) in [5.74, 6) is -3.91. The first kappa shape index (κ1) is 17.1. The molecule has 0 aliphatic rings. The maximum absolute atomic E-state index is 13.1. The minimum Gasteiger partial charge on any atom is -0.324 e. The zero-order valence-corrected chi connectivity index (χ0v) is 9.72. The van der Waals surface area contributed by atoms with Crippen molar-refractivity contribution in [3.8, 4) is 0 Å². The SMILES string of the molecule is Cl.N[C@H](CCC(F)(F)F)c1cc(F)c(F)cc1F. The Bertz CT molecular complexity index is 406. The van der Waals surface area contributed by atoms with Crippen LogP contribution >= 0.6 is 12.4 Å². The van der Waals surface area contributed by atoms with E-state index in [9.17, 15) is 26.3 Å². The quantitative estimate of drug-likeness (QED) is 0.664. The average Bonchev–Trinajstić information content (AvgIpc) is 2.19. The van der Waals surface area contributed by atoms with Gasteiger partial charge in [0, 0.05) is 24.1 Å². The highest BCUT2D eigenvalue weighted by atomic mass is 35.5. The second kappa shape index (κ2) is 6.29. The van der Waals surface area contributed by atoms with Crippen molar-refractivity contribution in [2.24, 2.45) is 5.73 Å². The van der Waals surface area contributed by atoms with Crippen molar-refractivity contribution in [3.05, 3.63) is 35.1 Å². The third-order valence-electron chi connectivity index (χ3n) is 2.18. The molecule has 1 rings (SSSR count). The van der Waals surface area contributed by atoms with Gasteiger partial charge < -0.3 is 5.73 Å². The number of alkyl halides is 3. The van der Waals surface area contributed by atoms with Gasteiger partial charge in [0.05, 0.1) is 0 Å². The molecule has 2 N–H and O–H groups in total. The molecule has 0 fully saturated rings. The van der Waals surface area contributed by atoms with Crippen molar-refractivity contribution in [3.63, 3.8) is 0 Å². The molecular weight excluding hydrogens is 284 g/mol. The molecule has 1 atom stereocenters. The number of benzene rings is 1. The molecule has 0 amide bonds. The molecule has 18 heavy (non-hydrogen) atoms. The molecule has 0 aliphatic heterocycles. The number of rotatable bonds is 3. The van der Waals surface area contributed by atoms with Crippen LogP contribution in [0.15, 0.2) is 12.1 Å². The highest BCUT2D eigenvalue weighted by Gasteiger charge is 2.28. The van der Waals surface area contributed by atoms with E-state index in [-0.39, 0.29) is 18.5 Å². The zero-order valence-electron chi connectivity index (χ0n) is 8.90. The van der Waals surface area contributed by atoms with Gasteiger partial charge in [-0.15, -0.1) is 12.4 Å². The topological polar surface area (TPSA) is 26.0 Å². The van der Waals surface area contributed by atoms with Crippen LogP contribution < -0.4 is 5.73 Å². The highest BCUT2D eigenvalue weighted by Crippen LogP contribution is 2.28. The lowest BCUT2D eigenvalue weighted by molar-refractivity contribution is -0.136. The summed E-state index contributed by atoms with van der Waals surface area (Å²) in [5.41, 5.74) is 4.83. The molecule has 0 heterocycles. The summed E-state index contributed by atoms with van der Waals surface area (Å²) in [6.45, 7) is 0. The summed E-state index contributed by atoms with van der Waals surface area (Å²) in [5, 5.41) is 0. The van der Waals surface area contributed by atoms with Gasteiger partial charge in [-0.25, -0.2) is 13.2 Å². The monoisotopic (exact) mass is 293 g/mol. The fraction of sp³-hybridized carbons (Fsp3) is 0.400. The Morgan fingerprint density at radius 1 is 1.00 bits per heavy atom. The van der Waals surface area contributed by atoms with E-state index in [1.165, 1.54) is 0 Å². The molecule has 0 bridgehead atoms. The van der Waals surface area contributed by atoms with Gasteiger partial charge in [-0.3, -0.25) is 0 Å². The molecule has 0 unspecified atom stereocenters. The predicted octanol–water partition coefficient (Wildman–Crippen LogP) is 3.87. The van der Waals surface area contributed by atoms with E-state index in [0.717, 1.165) is 0 Å². The Morgan fingerprint density at radius 3 is 2.00 bits per heavy atom. The number of nitrogens with two attached hydrogens (primary N) is 1. The van der Waals surface area contributed by atoms with Gasteiger partial charge in [-0.1, -0.05) is 0 Å². The first-order valence-electron chi connectivity index (χ1n) is 4.67. The molecule has 1 aromatic rings. The predicted molar refractivity (Wildman–Crippen MR) is 55.8 cm³/mol. The van der Waals surface area contributed by atoms with Gasteiger partial charge in [0.15, 0.2) is 11.6 Å². The van der Waals surface area contributed by atoms with Crippen molar-refractivity contribution in [2.75, 3.05) is 0 Å². The largest absolute Gasteiger partial charge is 0.389 e. The van der Waals surface area contributed by atoms with Crippen LogP contribution in [0.1, 0.15) is 24.4 Å². The third kappa shape index (κ3) is 4.73. The maximum Gasteiger partial charge on any atom is 0.389 e. The number of hydrogen-bond donors (Lipinski definition) is 1. The standard InChI is InChI=1S/C10H9F6N.ClH/c11-6-4-8(13)7(12)3-5(6)9(17)1-2-10(14,15)16;/h3-4,9H,1-2,17H2;1H/t9-;/m1./s1. The van der Waals surface area contributed by atoms with Crippen LogP contribution in [0.2, 0.25) is 0 Å². The molecule has 1 nitrogen and oxygen atoms in total. The Labute approximate surface area is 105 Å². The normalized spacial score (nSPS) is 13.1. The Balaban J connectivity index is 0.00000289. The molecule has 0 spiro atoms. The van der Waals surface area contributed by atoms with E-state index in [4.69, 9.17) is 5.73 Å². The minimum atomic E-state index is -4.42. The summed E-state index contributed by atoms with van der Waals surface area (Å²) < 4.78 is 74.1. The second-order valence-corrected chi connectivity index (χ2v) is 3.55. The highest BCUT2D eigenvalue weighted by molar-refractivity contribution is 5.85. The van der Waals surface area contributed by atoms with Gasteiger partial charge in [0.2, 0.25) is 0 Å². The van der Waals surface area contributed by atoms with Crippen molar-refractivity contribution in [2.45, 2.75) is 25.1 Å². The van der Waals surface area contributed by atoms with Crippen molar-refractivity contribution < 1.29 is 26.3 Å². The smallest absolute Gasteiger partial charge is 0.324 e. The van der Waals surface area contributed by atoms with E-state index in [0.29, 0.717) is 6.07 Å². The summed E-state index contributed by atoms with van der Waals surface area (Å²) in [4.78, 5) is 0. The Morgan fingerprint density at radius 2 is 1.50 bits per heavy atom. The lowest BCUT2D eigenvalue weighted by atomic mass is 10.0. The summed E-state index contributed by atoms with van der Waals surface area (Å²) in [6, 6.07) is -0.587. The summed E-state index contributed by atoms with van der Waals surface area (Å²) in [6.07, 6.45) is -6.23. The van der Waals surface area contributed by atoms with E-state index >= 15 is 0 Å². The van der Waals surface area contributed by atoms with Gasteiger partial charge in [0.1, 0.15) is 5.82 Å². The van der Waals surface area contributed by atoms with Crippen molar-refractivity contribution in [1.82, 2.24) is 0 Å². The number of halogens is 7. The number of hydrogen-bond acceptors (Lipinski definition) is 1. The third-order valence-corrected chi connectivity index (χ3v) is 2.18. The first-order chi connectivity index (χ1) is 7.70. The van der Waals surface area contributed by atoms with Gasteiger partial charge >= 0.3 is 6.18 Å². The van der Waals surface area contributed by atoms with E-state index in [2.05, 4.69) is 0 Å². The summed E-state index contributed by atoms with van der Waals surface area (Å²) in [7, 11) is 0. The lowest BCUT2D eigenvalue weighted by Gasteiger charge is -2.14. The maximum atomic E-state index is 13.1. The zero-order chi connectivity index (χ0) is 13.2. The van der Waals surface area contributed by atoms with E-state index in [1.54, 1.807) is 0 Å². The molecule has 104 valence electrons. The Hall–Kier alpha value is -0.950. The van der Waals surface area contributed by atoms with Crippen LogP contribution in [0, 0.1) is 17.5 Å². The summed E-state index contributed by atoms with van der Waals surface area (Å²) >= 11 is 0. The van der Waals surface area contributed by atoms with Crippen molar-refractivity contribution >= 4 is 12.4 Å². The van der Waals surface area contributed by atoms with Gasteiger partial charge in [-0.2, -0.15) is 13.2 Å². The van der Waals surface area contributed by atoms with Crippen LogP contribution in [0.25, 0.3) is 0 Å². The Kier molecular flexibility index (Phi) is 5.95. The van der Waals surface area contributed by atoms with Crippen LogP contribution in [-0.4, -0.2) is 6.18 Å². The molecule has 0 saturated heterocycles. The lowest BCUT2D eigenvalue weighted by Crippen LogP contribution is -2.17. The molecule has 0 radical (unpaired) electrons. The molecule has 0 aliphatic carbocycles. The van der Waals surface area contributed by atoms with Crippen LogP contribution in [0.4, 0.5) is 26.3 Å². The van der Waals surface area contributed by atoms with Crippen molar-refractivity contribution in [1.29, 1.82) is 0 Å². The minimum absolute atomic E-state index is 0. The van der Waals surface area contributed by atoms with Gasteiger partial charge in [0.25, 0.3) is 0 Å². The molecule has 1 aromatic carbocycles. The fourth-order valence-corrected chi connectivity index (χ4v) is 1.30. The fourth-order valence-electron chi connectivity index (χ4n) is 1.30. The first-order valence-corrected chi connectivity index (χ1v) is 4.67. The molecule has 0 aromatic heterocycles. The van der Waals surface area contributed by atoms with Crippen LogP contribution in [0.3, 0.4) is 0 Å². The van der Waals surface area contributed by atoms with E-state index < -0.39 is 48.1 Å². The van der Waals surface area contributed by atoms with E-state index in [1.807, 2.05) is 0 Å². The molecular formula is C10H10ClF6N. The second-order valence-electron chi connectivity index (χ2n) is 3.55. The van der Waals surface area contributed by atoms with Crippen LogP contribution in [-0.2, 0) is 0 Å². The van der Waals surface area contributed by atoms with Gasteiger partial charge in [-0.05, 0) is 12.5 Å².